The quantitative estimate of drug-likeness (QED) is 0.224. The van der Waals surface area contributed by atoms with Crippen LogP contribution in [0.3, 0.4) is 0 Å². The summed E-state index contributed by atoms with van der Waals surface area (Å²) >= 11 is 0. The summed E-state index contributed by atoms with van der Waals surface area (Å²) < 4.78 is 5.80. The van der Waals surface area contributed by atoms with Gasteiger partial charge in [0.15, 0.2) is 6.16 Å². The molecule has 0 radical (unpaired) electrons. The Morgan fingerprint density at radius 2 is 1.98 bits per heavy atom. The summed E-state index contributed by atoms with van der Waals surface area (Å²) in [5.74, 6) is 8.28. The number of likely N-dealkylation sites (tertiary alicyclic amines) is 2. The van der Waals surface area contributed by atoms with Gasteiger partial charge in [0.25, 0.3) is 5.91 Å². The fourth-order valence-electron chi connectivity index (χ4n) is 6.43. The minimum atomic E-state index is -0.681. The van der Waals surface area contributed by atoms with Gasteiger partial charge in [0.05, 0.1) is 60.4 Å². The Balaban J connectivity index is 1.32. The zero-order valence-corrected chi connectivity index (χ0v) is 28.6. The molecule has 5 atom stereocenters. The zero-order valence-electron chi connectivity index (χ0n) is 27.7. The molecule has 244 valence electrons. The van der Waals surface area contributed by atoms with E-state index >= 15 is 0 Å². The van der Waals surface area contributed by atoms with Gasteiger partial charge in [-0.05, 0) is 76.6 Å². The number of hydrogen-bond acceptors (Lipinski definition) is 6. The van der Waals surface area contributed by atoms with E-state index in [2.05, 4.69) is 46.5 Å². The van der Waals surface area contributed by atoms with E-state index in [4.69, 9.17) is 14.7 Å². The lowest BCUT2D eigenvalue weighted by atomic mass is 10.0. The number of benzene rings is 1. The lowest BCUT2D eigenvalue weighted by Crippen LogP contribution is -2.43. The Morgan fingerprint density at radius 3 is 2.74 bits per heavy atom. The maximum Gasteiger partial charge on any atom is 0.268 e. The van der Waals surface area contributed by atoms with E-state index < -0.39 is 13.8 Å². The number of carbonyl (C=O) groups excluding carboxylic acids is 1. The average molecular weight is 644 g/mol. The number of H-pyrrole nitrogens is 2. The number of amides is 1. The molecule has 9 nitrogen and oxygen atoms in total. The summed E-state index contributed by atoms with van der Waals surface area (Å²) in [6, 6.07) is 5.91. The smallest absolute Gasteiger partial charge is 0.268 e. The fraction of sp³-hybridized carbons (Fsp3) is 0.500. The molecule has 46 heavy (non-hydrogen) atoms. The van der Waals surface area contributed by atoms with Crippen molar-refractivity contribution < 1.29 is 14.6 Å². The van der Waals surface area contributed by atoms with Gasteiger partial charge in [0.2, 0.25) is 0 Å². The van der Waals surface area contributed by atoms with Crippen LogP contribution in [0.4, 0.5) is 0 Å². The van der Waals surface area contributed by atoms with Gasteiger partial charge in [-0.2, -0.15) is 0 Å². The molecule has 2 aromatic heterocycles. The van der Waals surface area contributed by atoms with Crippen molar-refractivity contribution in [1.29, 1.82) is 0 Å². The third-order valence-electron chi connectivity index (χ3n) is 8.74. The van der Waals surface area contributed by atoms with Crippen molar-refractivity contribution in [3.8, 4) is 11.8 Å². The number of imidazole rings is 2. The second-order valence-corrected chi connectivity index (χ2v) is 14.5. The Morgan fingerprint density at radius 1 is 1.20 bits per heavy atom. The van der Waals surface area contributed by atoms with E-state index in [0.29, 0.717) is 18.3 Å². The Kier molecular flexibility index (Phi) is 11.3. The van der Waals surface area contributed by atoms with Gasteiger partial charge >= 0.3 is 0 Å². The molecule has 10 heteroatoms. The van der Waals surface area contributed by atoms with Crippen LogP contribution in [-0.2, 0) is 9.53 Å². The zero-order chi connectivity index (χ0) is 32.8. The first kappa shape index (κ1) is 33.8. The normalized spacial score (nSPS) is 21.3. The summed E-state index contributed by atoms with van der Waals surface area (Å²) in [5.41, 5.74) is 3.29. The Hall–Kier alpha value is -3.54. The Labute approximate surface area is 273 Å². The molecule has 0 aliphatic carbocycles. The topological polar surface area (TPSA) is 110 Å². The predicted octanol–water partition coefficient (Wildman–Crippen LogP) is 4.34. The molecule has 5 rings (SSSR count). The van der Waals surface area contributed by atoms with Crippen LogP contribution in [-0.4, -0.2) is 91.9 Å². The van der Waals surface area contributed by atoms with Crippen LogP contribution in [0.1, 0.15) is 88.6 Å². The van der Waals surface area contributed by atoms with E-state index in [1.165, 1.54) is 0 Å². The van der Waals surface area contributed by atoms with Crippen LogP contribution in [0, 0.1) is 11.8 Å². The number of ether oxygens (including phenoxy) is 1. The molecule has 3 N–H and O–H groups in total. The van der Waals surface area contributed by atoms with E-state index in [9.17, 15) is 9.90 Å². The molecule has 2 saturated heterocycles. The molecule has 0 bridgehead atoms. The maximum absolute atomic E-state index is 13.0. The molecule has 4 heterocycles. The highest BCUT2D eigenvalue weighted by atomic mass is 31.1. The van der Waals surface area contributed by atoms with Gasteiger partial charge in [-0.25, -0.2) is 9.97 Å². The lowest BCUT2D eigenvalue weighted by Gasteiger charge is -2.33. The number of rotatable bonds is 10. The highest BCUT2D eigenvalue weighted by Gasteiger charge is 2.35. The number of aliphatic hydroxyl groups excluding tert-OH is 1. The minimum Gasteiger partial charge on any atom is -0.376 e. The number of fused-ring (bicyclic) bond motifs is 1. The first-order valence-corrected chi connectivity index (χ1v) is 18.7. The van der Waals surface area contributed by atoms with E-state index in [-0.39, 0.29) is 24.1 Å². The number of piperidine rings is 1. The fourth-order valence-corrected chi connectivity index (χ4v) is 7.07. The second kappa shape index (κ2) is 15.4. The van der Waals surface area contributed by atoms with Crippen molar-refractivity contribution in [1.82, 2.24) is 29.7 Å². The molecule has 1 amide bonds. The number of aliphatic hydroxyl groups is 1. The average Bonchev–Trinajstić information content (AvgIpc) is 3.80. The van der Waals surface area contributed by atoms with Crippen molar-refractivity contribution in [2.24, 2.45) is 0 Å². The number of aromatic nitrogens is 4. The number of aromatic amines is 2. The molecule has 3 aromatic rings. The van der Waals surface area contributed by atoms with Crippen LogP contribution < -0.4 is 10.7 Å². The van der Waals surface area contributed by atoms with Crippen LogP contribution in [0.2, 0.25) is 0 Å². The lowest BCUT2D eigenvalue weighted by molar-refractivity contribution is -0.132. The molecule has 2 aliphatic rings. The highest BCUT2D eigenvalue weighted by molar-refractivity contribution is 7.55. The number of allylic oxidation sites excluding steroid dienone is 1. The van der Waals surface area contributed by atoms with Gasteiger partial charge in [0, 0.05) is 30.8 Å². The van der Waals surface area contributed by atoms with Crippen LogP contribution >= 0.6 is 7.55 Å². The van der Waals surface area contributed by atoms with E-state index in [1.54, 1.807) is 0 Å². The van der Waals surface area contributed by atoms with Crippen LogP contribution in [0.5, 0.6) is 0 Å². The summed E-state index contributed by atoms with van der Waals surface area (Å²) in [6.07, 6.45) is 13.3. The van der Waals surface area contributed by atoms with Gasteiger partial charge in [-0.15, -0.1) is 0 Å². The van der Waals surface area contributed by atoms with Gasteiger partial charge in [-0.3, -0.25) is 9.69 Å². The Bertz CT molecular complexity index is 1760. The third-order valence-corrected chi connectivity index (χ3v) is 9.55. The SMILES string of the molecule is C=C(C#Cc1ccc2nc(C3CCCN3C(O)C(C)OCCC)[nH]c2c1)/C=c1\[nH]c(C2CCCCN2C(=O)C[P+](=C)C)n\c1=C\C. The molecule has 0 saturated carbocycles. The maximum atomic E-state index is 13.0. The molecule has 2 aliphatic heterocycles. The molecule has 2 fully saturated rings. The van der Waals surface area contributed by atoms with E-state index in [0.717, 1.165) is 90.6 Å². The largest absolute Gasteiger partial charge is 0.376 e. The van der Waals surface area contributed by atoms with Crippen molar-refractivity contribution in [3.63, 3.8) is 0 Å². The molecule has 1 aromatic carbocycles. The van der Waals surface area contributed by atoms with Crippen LogP contribution in [0.25, 0.3) is 23.2 Å². The molecule has 0 spiro atoms. The van der Waals surface area contributed by atoms with Gasteiger partial charge < -0.3 is 24.7 Å². The van der Waals surface area contributed by atoms with Crippen molar-refractivity contribution in [2.45, 2.75) is 83.7 Å². The van der Waals surface area contributed by atoms with Crippen molar-refractivity contribution in [3.05, 3.63) is 58.3 Å². The third kappa shape index (κ3) is 7.87. The summed E-state index contributed by atoms with van der Waals surface area (Å²) in [6.45, 7) is 14.4. The monoisotopic (exact) mass is 643 g/mol. The number of carbonyl (C=O) groups is 1. The van der Waals surface area contributed by atoms with Crippen molar-refractivity contribution >= 4 is 42.9 Å². The first-order valence-electron chi connectivity index (χ1n) is 16.5. The number of nitrogens with zero attached hydrogens (tertiary/aromatic N) is 4. The van der Waals surface area contributed by atoms with Gasteiger partial charge in [-0.1, -0.05) is 31.4 Å². The summed E-state index contributed by atoms with van der Waals surface area (Å²) in [7, 11) is -0.544. The molecular formula is C36H48N6O3P+. The minimum absolute atomic E-state index is 0.00902. The first-order chi connectivity index (χ1) is 22.2. The van der Waals surface area contributed by atoms with E-state index in [1.807, 2.05) is 55.8 Å². The second-order valence-electron chi connectivity index (χ2n) is 12.5. The molecule has 5 unspecified atom stereocenters. The van der Waals surface area contributed by atoms with Crippen LogP contribution in [0.15, 0.2) is 30.4 Å². The highest BCUT2D eigenvalue weighted by Crippen LogP contribution is 2.34. The summed E-state index contributed by atoms with van der Waals surface area (Å²) in [4.78, 5) is 33.8. The predicted molar refractivity (Wildman–Crippen MR) is 188 cm³/mol. The standard InChI is InChI=1S/C36H48N6O3P/c1-7-20-45-25(4)36(44)42-19-11-13-32(42)35-38-28-17-16-26(22-30(28)40-35)15-14-24(3)21-29-27(8-2)37-34(39-29)31-12-9-10-18-41(31)33(43)23-46(5)6/h8,16-17,21-22,25,31-32,36,44H,3,5,7,9-13,18-20,23H2,1-2,4,6H3,(H,37,39)(H,38,40)/q+1/b27-8+,29-21-. The summed E-state index contributed by atoms with van der Waals surface area (Å²) in [5, 5.41) is 12.7. The number of hydrogen-bond donors (Lipinski definition) is 3. The number of nitrogens with one attached hydrogen (secondary N) is 2. The molecular weight excluding hydrogens is 595 g/mol. The van der Waals surface area contributed by atoms with Crippen molar-refractivity contribution in [2.75, 3.05) is 32.5 Å². The van der Waals surface area contributed by atoms with Gasteiger partial charge in [0.1, 0.15) is 17.9 Å².